The molecule has 112 valence electrons. The fraction of sp³-hybridized carbons (Fsp3) is 0.364. The zero-order chi connectivity index (χ0) is 15.4. The van der Waals surface area contributed by atoms with Crippen LogP contribution in [0.15, 0.2) is 30.3 Å². The molecule has 0 saturated heterocycles. The Kier molecular flexibility index (Phi) is 5.12. The van der Waals surface area contributed by atoms with Crippen LogP contribution in [0.5, 0.6) is 0 Å². The molecule has 0 radical (unpaired) electrons. The fourth-order valence-corrected chi connectivity index (χ4v) is 2.63. The molecule has 0 spiro atoms. The SMILES string of the molecule is O=C(O)[C@@H](Cc1ccccc1)NS(=O)(=O)CC(F)(F)F. The first-order valence-electron chi connectivity index (χ1n) is 5.42. The van der Waals surface area contributed by atoms with Gasteiger partial charge in [-0.1, -0.05) is 30.3 Å². The molecule has 0 bridgehead atoms. The van der Waals surface area contributed by atoms with E-state index in [1.165, 1.54) is 0 Å². The third-order valence-electron chi connectivity index (χ3n) is 2.26. The van der Waals surface area contributed by atoms with E-state index in [1.807, 2.05) is 0 Å². The number of nitrogens with one attached hydrogen (secondary N) is 1. The molecule has 0 unspecified atom stereocenters. The second-order valence-electron chi connectivity index (χ2n) is 4.07. The lowest BCUT2D eigenvalue weighted by Gasteiger charge is -2.15. The molecule has 5 nitrogen and oxygen atoms in total. The molecule has 9 heteroatoms. The van der Waals surface area contributed by atoms with Gasteiger partial charge >= 0.3 is 12.1 Å². The van der Waals surface area contributed by atoms with Crippen LogP contribution in [0, 0.1) is 0 Å². The molecule has 1 aromatic rings. The highest BCUT2D eigenvalue weighted by molar-refractivity contribution is 7.89. The van der Waals surface area contributed by atoms with Gasteiger partial charge in [0.15, 0.2) is 5.75 Å². The average Bonchev–Trinajstić information content (AvgIpc) is 2.25. The van der Waals surface area contributed by atoms with Crippen LogP contribution in [-0.2, 0) is 21.2 Å². The summed E-state index contributed by atoms with van der Waals surface area (Å²) >= 11 is 0. The Morgan fingerprint density at radius 2 is 1.80 bits per heavy atom. The Hall–Kier alpha value is -1.61. The predicted molar refractivity (Wildman–Crippen MR) is 64.5 cm³/mol. The second-order valence-corrected chi connectivity index (χ2v) is 5.83. The van der Waals surface area contributed by atoms with Crippen LogP contribution < -0.4 is 4.72 Å². The van der Waals surface area contributed by atoms with Gasteiger partial charge in [-0.15, -0.1) is 0 Å². The summed E-state index contributed by atoms with van der Waals surface area (Å²) in [5.41, 5.74) is 0.495. The lowest BCUT2D eigenvalue weighted by Crippen LogP contribution is -2.45. The molecule has 0 fully saturated rings. The normalized spacial score (nSPS) is 13.9. The van der Waals surface area contributed by atoms with Crippen LogP contribution in [0.2, 0.25) is 0 Å². The Labute approximate surface area is 113 Å². The molecule has 1 aromatic carbocycles. The number of hydrogen-bond acceptors (Lipinski definition) is 3. The van der Waals surface area contributed by atoms with Gasteiger partial charge in [0.05, 0.1) is 0 Å². The molecule has 0 aliphatic carbocycles. The van der Waals surface area contributed by atoms with E-state index in [0.717, 1.165) is 0 Å². The fourth-order valence-electron chi connectivity index (χ4n) is 1.50. The van der Waals surface area contributed by atoms with Gasteiger partial charge in [0.1, 0.15) is 6.04 Å². The van der Waals surface area contributed by atoms with Crippen molar-refractivity contribution in [1.29, 1.82) is 0 Å². The van der Waals surface area contributed by atoms with Gasteiger partial charge in [-0.05, 0) is 12.0 Å². The summed E-state index contributed by atoms with van der Waals surface area (Å²) in [6.07, 6.45) is -5.17. The lowest BCUT2D eigenvalue weighted by atomic mass is 10.1. The van der Waals surface area contributed by atoms with Gasteiger partial charge in [-0.2, -0.15) is 13.2 Å². The Bertz CT molecular complexity index is 557. The minimum absolute atomic E-state index is 0.243. The number of carbonyl (C=O) groups is 1. The van der Waals surface area contributed by atoms with Crippen molar-refractivity contribution in [3.8, 4) is 0 Å². The van der Waals surface area contributed by atoms with Crippen molar-refractivity contribution < 1.29 is 31.5 Å². The first-order valence-corrected chi connectivity index (χ1v) is 7.08. The van der Waals surface area contributed by atoms with Crippen LogP contribution in [0.25, 0.3) is 0 Å². The molecule has 1 rings (SSSR count). The zero-order valence-corrected chi connectivity index (χ0v) is 10.9. The smallest absolute Gasteiger partial charge is 0.404 e. The number of carboxylic acid groups (broad SMARTS) is 1. The van der Waals surface area contributed by atoms with Crippen molar-refractivity contribution in [2.45, 2.75) is 18.6 Å². The Morgan fingerprint density at radius 3 is 2.25 bits per heavy atom. The minimum Gasteiger partial charge on any atom is -0.480 e. The summed E-state index contributed by atoms with van der Waals surface area (Å²) < 4.78 is 60.3. The maximum atomic E-state index is 12.1. The van der Waals surface area contributed by atoms with Gasteiger partial charge in [-0.25, -0.2) is 13.1 Å². The van der Waals surface area contributed by atoms with Crippen molar-refractivity contribution in [2.24, 2.45) is 0 Å². The number of halogens is 3. The maximum absolute atomic E-state index is 12.1. The average molecular weight is 311 g/mol. The van der Waals surface area contributed by atoms with Crippen molar-refractivity contribution in [3.63, 3.8) is 0 Å². The van der Waals surface area contributed by atoms with Gasteiger partial charge < -0.3 is 5.11 Å². The third kappa shape index (κ3) is 6.02. The number of carboxylic acids is 1. The molecular weight excluding hydrogens is 299 g/mol. The molecule has 0 aliphatic rings. The van der Waals surface area contributed by atoms with Crippen LogP contribution in [-0.4, -0.2) is 37.5 Å². The van der Waals surface area contributed by atoms with Gasteiger partial charge in [0.25, 0.3) is 0 Å². The summed E-state index contributed by atoms with van der Waals surface area (Å²) in [7, 11) is -4.76. The van der Waals surface area contributed by atoms with E-state index in [0.29, 0.717) is 5.56 Å². The summed E-state index contributed by atoms with van der Waals surface area (Å²) in [5, 5.41) is 8.89. The molecule has 0 aliphatic heterocycles. The van der Waals surface area contributed by atoms with E-state index in [2.05, 4.69) is 0 Å². The molecular formula is C11H12F3NO4S. The minimum atomic E-state index is -4.93. The highest BCUT2D eigenvalue weighted by Gasteiger charge is 2.37. The molecule has 0 amide bonds. The van der Waals surface area contributed by atoms with Gasteiger partial charge in [-0.3, -0.25) is 4.79 Å². The van der Waals surface area contributed by atoms with E-state index in [1.54, 1.807) is 35.1 Å². The summed E-state index contributed by atoms with van der Waals surface area (Å²) in [5.74, 6) is -3.65. The summed E-state index contributed by atoms with van der Waals surface area (Å²) in [6, 6.07) is 6.34. The Morgan fingerprint density at radius 1 is 1.25 bits per heavy atom. The molecule has 0 heterocycles. The lowest BCUT2D eigenvalue weighted by molar-refractivity contribution is -0.139. The largest absolute Gasteiger partial charge is 0.480 e. The molecule has 2 N–H and O–H groups in total. The van der Waals surface area contributed by atoms with Crippen LogP contribution in [0.4, 0.5) is 13.2 Å². The van der Waals surface area contributed by atoms with Crippen molar-refractivity contribution in [3.05, 3.63) is 35.9 Å². The second kappa shape index (κ2) is 6.23. The molecule has 0 aromatic heterocycles. The molecule has 1 atom stereocenters. The van der Waals surface area contributed by atoms with E-state index in [4.69, 9.17) is 5.11 Å². The topological polar surface area (TPSA) is 83.5 Å². The summed E-state index contributed by atoms with van der Waals surface area (Å²) in [6.45, 7) is 0. The highest BCUT2D eigenvalue weighted by Crippen LogP contribution is 2.17. The number of sulfonamides is 1. The van der Waals surface area contributed by atoms with Crippen LogP contribution in [0.1, 0.15) is 5.56 Å². The highest BCUT2D eigenvalue weighted by atomic mass is 32.2. The Balaban J connectivity index is 2.81. The zero-order valence-electron chi connectivity index (χ0n) is 10.1. The number of rotatable bonds is 6. The van der Waals surface area contributed by atoms with Crippen molar-refractivity contribution in [1.82, 2.24) is 4.72 Å². The van der Waals surface area contributed by atoms with E-state index >= 15 is 0 Å². The first kappa shape index (κ1) is 16.4. The maximum Gasteiger partial charge on any atom is 0.404 e. The van der Waals surface area contributed by atoms with Gasteiger partial charge in [0, 0.05) is 0 Å². The third-order valence-corrected chi connectivity index (χ3v) is 3.61. The molecule has 20 heavy (non-hydrogen) atoms. The van der Waals surface area contributed by atoms with Crippen molar-refractivity contribution in [2.75, 3.05) is 5.75 Å². The first-order chi connectivity index (χ1) is 9.09. The quantitative estimate of drug-likeness (QED) is 0.826. The van der Waals surface area contributed by atoms with E-state index < -0.39 is 34.0 Å². The standard InChI is InChI=1S/C11H12F3NO4S/c12-11(13,14)7-20(18,19)15-9(10(16)17)6-8-4-2-1-3-5-8/h1-5,9,15H,6-7H2,(H,16,17)/t9-/m1/s1. The van der Waals surface area contributed by atoms with Gasteiger partial charge in [0.2, 0.25) is 10.0 Å². The summed E-state index contributed by atoms with van der Waals surface area (Å²) in [4.78, 5) is 10.9. The number of alkyl halides is 3. The number of benzene rings is 1. The monoisotopic (exact) mass is 311 g/mol. The predicted octanol–water partition coefficient (Wildman–Crippen LogP) is 1.16. The van der Waals surface area contributed by atoms with Crippen LogP contribution >= 0.6 is 0 Å². The molecule has 0 saturated carbocycles. The number of hydrogen-bond donors (Lipinski definition) is 2. The van der Waals surface area contributed by atoms with E-state index in [-0.39, 0.29) is 6.42 Å². The number of aliphatic carboxylic acids is 1. The van der Waals surface area contributed by atoms with E-state index in [9.17, 15) is 26.4 Å². The van der Waals surface area contributed by atoms with Crippen LogP contribution in [0.3, 0.4) is 0 Å². The van der Waals surface area contributed by atoms with Crippen molar-refractivity contribution >= 4 is 16.0 Å².